The Labute approximate surface area is 174 Å². The molecule has 1 aromatic carbocycles. The van der Waals surface area contributed by atoms with Crippen molar-refractivity contribution < 1.29 is 33.5 Å². The van der Waals surface area contributed by atoms with Crippen LogP contribution >= 0.6 is 0 Å². The third-order valence-corrected chi connectivity index (χ3v) is 5.15. The van der Waals surface area contributed by atoms with E-state index in [9.17, 15) is 19.2 Å². The molecule has 3 rings (SSSR count). The van der Waals surface area contributed by atoms with Crippen molar-refractivity contribution in [2.24, 2.45) is 5.41 Å². The molecule has 0 aromatic heterocycles. The van der Waals surface area contributed by atoms with Gasteiger partial charge >= 0.3 is 12.1 Å². The third kappa shape index (κ3) is 4.16. The highest BCUT2D eigenvalue weighted by Gasteiger charge is 2.50. The van der Waals surface area contributed by atoms with Crippen LogP contribution in [0.2, 0.25) is 0 Å². The fourth-order valence-corrected chi connectivity index (χ4v) is 3.55. The fraction of sp³-hybridized carbons (Fsp3) is 0.524. The average molecular weight is 418 g/mol. The molecule has 0 radical (unpaired) electrons. The number of rotatable bonds is 5. The molecule has 1 unspecified atom stereocenters. The number of amides is 3. The van der Waals surface area contributed by atoms with Crippen LogP contribution in [-0.4, -0.2) is 66.2 Å². The van der Waals surface area contributed by atoms with Crippen molar-refractivity contribution in [1.29, 1.82) is 0 Å². The Bertz CT molecular complexity index is 841. The van der Waals surface area contributed by atoms with E-state index in [1.165, 1.54) is 24.1 Å². The molecule has 2 heterocycles. The molecule has 162 valence electrons. The second-order valence-corrected chi connectivity index (χ2v) is 8.50. The average Bonchev–Trinajstić information content (AvgIpc) is 3.22. The maximum absolute atomic E-state index is 13.1. The van der Waals surface area contributed by atoms with E-state index >= 15 is 0 Å². The largest absolute Gasteiger partial charge is 0.444 e. The number of ether oxygens (including phenoxy) is 2. The van der Waals surface area contributed by atoms with Gasteiger partial charge in [0.25, 0.3) is 11.8 Å². The van der Waals surface area contributed by atoms with E-state index in [0.29, 0.717) is 11.5 Å². The van der Waals surface area contributed by atoms with Gasteiger partial charge in [0.05, 0.1) is 16.5 Å². The Balaban J connectivity index is 1.76. The number of hydroxylamine groups is 2. The molecule has 0 saturated carbocycles. The summed E-state index contributed by atoms with van der Waals surface area (Å²) < 4.78 is 10.5. The number of hydrogen-bond acceptors (Lipinski definition) is 7. The summed E-state index contributed by atoms with van der Waals surface area (Å²) in [6.45, 7) is 5.86. The molecule has 0 bridgehead atoms. The predicted molar refractivity (Wildman–Crippen MR) is 104 cm³/mol. The lowest BCUT2D eigenvalue weighted by Gasteiger charge is -2.29. The number of methoxy groups -OCH3 is 1. The minimum atomic E-state index is -1.11. The van der Waals surface area contributed by atoms with Gasteiger partial charge in [-0.1, -0.05) is 17.2 Å². The smallest absolute Gasteiger partial charge is 0.410 e. The predicted octanol–water partition coefficient (Wildman–Crippen LogP) is 2.40. The zero-order valence-corrected chi connectivity index (χ0v) is 17.6. The number of carbonyl (C=O) groups excluding carboxylic acids is 4. The standard InChI is InChI=1S/C21H26N2O7/c1-20(2,3)29-19(27)22-11-9-21(13-22,10-12-28-4)18(26)30-23-16(24)14-7-5-6-8-15(14)17(23)25/h5-8H,9-13H2,1-4H3. The highest BCUT2D eigenvalue weighted by Crippen LogP contribution is 2.37. The summed E-state index contributed by atoms with van der Waals surface area (Å²) in [5.74, 6) is -2.12. The van der Waals surface area contributed by atoms with E-state index in [0.717, 1.165) is 0 Å². The maximum atomic E-state index is 13.1. The van der Waals surface area contributed by atoms with Crippen molar-refractivity contribution in [2.45, 2.75) is 39.2 Å². The van der Waals surface area contributed by atoms with Crippen LogP contribution in [0.4, 0.5) is 4.79 Å². The van der Waals surface area contributed by atoms with Gasteiger partial charge in [0.1, 0.15) is 5.60 Å². The van der Waals surface area contributed by atoms with Gasteiger partial charge in [-0.05, 0) is 45.7 Å². The number of fused-ring (bicyclic) bond motifs is 1. The molecule has 1 fully saturated rings. The molecule has 2 aliphatic heterocycles. The number of likely N-dealkylation sites (tertiary alicyclic amines) is 1. The summed E-state index contributed by atoms with van der Waals surface area (Å²) in [6, 6.07) is 6.27. The first kappa shape index (κ1) is 21.8. The van der Waals surface area contributed by atoms with Crippen molar-refractivity contribution in [2.75, 3.05) is 26.8 Å². The van der Waals surface area contributed by atoms with E-state index in [-0.39, 0.29) is 37.2 Å². The van der Waals surface area contributed by atoms with Gasteiger partial charge in [0.15, 0.2) is 0 Å². The Morgan fingerprint density at radius 3 is 2.23 bits per heavy atom. The number of benzene rings is 1. The van der Waals surface area contributed by atoms with Crippen molar-refractivity contribution in [1.82, 2.24) is 9.96 Å². The summed E-state index contributed by atoms with van der Waals surface area (Å²) in [4.78, 5) is 57.3. The lowest BCUT2D eigenvalue weighted by molar-refractivity contribution is -0.181. The molecular weight excluding hydrogens is 392 g/mol. The molecule has 1 atom stereocenters. The molecule has 2 aliphatic rings. The molecule has 0 aliphatic carbocycles. The number of nitrogens with zero attached hydrogens (tertiary/aromatic N) is 2. The van der Waals surface area contributed by atoms with Crippen molar-refractivity contribution in [3.05, 3.63) is 35.4 Å². The van der Waals surface area contributed by atoms with Crippen molar-refractivity contribution in [3.8, 4) is 0 Å². The Kier molecular flexibility index (Phi) is 5.85. The Morgan fingerprint density at radius 1 is 1.10 bits per heavy atom. The van der Waals surface area contributed by atoms with E-state index in [1.54, 1.807) is 32.9 Å². The van der Waals surface area contributed by atoms with Gasteiger partial charge in [-0.3, -0.25) is 9.59 Å². The lowest BCUT2D eigenvalue weighted by Crippen LogP contribution is -2.44. The number of imide groups is 1. The second-order valence-electron chi connectivity index (χ2n) is 8.50. The molecule has 30 heavy (non-hydrogen) atoms. The minimum absolute atomic E-state index is 0.0489. The van der Waals surface area contributed by atoms with Gasteiger partial charge < -0.3 is 19.2 Å². The van der Waals surface area contributed by atoms with Gasteiger partial charge in [-0.25, -0.2) is 9.59 Å². The van der Waals surface area contributed by atoms with Gasteiger partial charge in [-0.15, -0.1) is 0 Å². The van der Waals surface area contributed by atoms with E-state index < -0.39 is 34.9 Å². The fourth-order valence-electron chi connectivity index (χ4n) is 3.55. The zero-order valence-electron chi connectivity index (χ0n) is 17.6. The summed E-state index contributed by atoms with van der Waals surface area (Å²) >= 11 is 0. The summed E-state index contributed by atoms with van der Waals surface area (Å²) in [5, 5.41) is 0.498. The second kappa shape index (κ2) is 8.06. The molecule has 3 amide bonds. The Hall–Kier alpha value is -2.94. The van der Waals surface area contributed by atoms with Gasteiger partial charge in [0, 0.05) is 26.8 Å². The number of carbonyl (C=O) groups is 4. The highest BCUT2D eigenvalue weighted by molar-refractivity contribution is 6.20. The third-order valence-electron chi connectivity index (χ3n) is 5.15. The SMILES string of the molecule is COCCC1(C(=O)ON2C(=O)c3ccccc3C2=O)CCN(C(=O)OC(C)(C)C)C1. The van der Waals surface area contributed by atoms with Crippen LogP contribution in [0.25, 0.3) is 0 Å². The van der Waals surface area contributed by atoms with Crippen LogP contribution in [-0.2, 0) is 19.1 Å². The first-order valence-electron chi connectivity index (χ1n) is 9.75. The van der Waals surface area contributed by atoms with Crippen LogP contribution in [0.5, 0.6) is 0 Å². The molecule has 0 N–H and O–H groups in total. The summed E-state index contributed by atoms with van der Waals surface area (Å²) in [6.07, 6.45) is 0.0397. The Morgan fingerprint density at radius 2 is 1.70 bits per heavy atom. The van der Waals surface area contributed by atoms with E-state index in [1.807, 2.05) is 0 Å². The zero-order chi connectivity index (χ0) is 22.1. The summed E-state index contributed by atoms with van der Waals surface area (Å²) in [7, 11) is 1.50. The van der Waals surface area contributed by atoms with Crippen molar-refractivity contribution >= 4 is 23.9 Å². The molecular formula is C21H26N2O7. The normalized spacial score (nSPS) is 21.1. The first-order chi connectivity index (χ1) is 14.1. The van der Waals surface area contributed by atoms with E-state index in [2.05, 4.69) is 0 Å². The molecule has 0 spiro atoms. The minimum Gasteiger partial charge on any atom is -0.444 e. The van der Waals surface area contributed by atoms with Gasteiger partial charge in [-0.2, -0.15) is 0 Å². The first-order valence-corrected chi connectivity index (χ1v) is 9.75. The van der Waals surface area contributed by atoms with Crippen LogP contribution in [0, 0.1) is 5.41 Å². The molecule has 9 heteroatoms. The maximum Gasteiger partial charge on any atom is 0.410 e. The van der Waals surface area contributed by atoms with E-state index in [4.69, 9.17) is 14.3 Å². The molecule has 1 saturated heterocycles. The topological polar surface area (TPSA) is 102 Å². The quantitative estimate of drug-likeness (QED) is 0.677. The molecule has 9 nitrogen and oxygen atoms in total. The van der Waals surface area contributed by atoms with Crippen LogP contribution in [0.1, 0.15) is 54.3 Å². The van der Waals surface area contributed by atoms with Crippen LogP contribution in [0.15, 0.2) is 24.3 Å². The summed E-state index contributed by atoms with van der Waals surface area (Å²) in [5.41, 5.74) is -1.41. The van der Waals surface area contributed by atoms with Crippen LogP contribution in [0.3, 0.4) is 0 Å². The number of hydrogen-bond donors (Lipinski definition) is 0. The highest BCUT2D eigenvalue weighted by atomic mass is 16.7. The van der Waals surface area contributed by atoms with Gasteiger partial charge in [0.2, 0.25) is 0 Å². The lowest BCUT2D eigenvalue weighted by atomic mass is 9.84. The molecule has 1 aromatic rings. The van der Waals surface area contributed by atoms with Crippen molar-refractivity contribution in [3.63, 3.8) is 0 Å². The van der Waals surface area contributed by atoms with Crippen LogP contribution < -0.4 is 0 Å². The monoisotopic (exact) mass is 418 g/mol.